The van der Waals surface area contributed by atoms with E-state index in [2.05, 4.69) is 0 Å². The molecule has 0 aromatic heterocycles. The second-order valence-corrected chi connectivity index (χ2v) is 5.81. The Labute approximate surface area is 114 Å². The summed E-state index contributed by atoms with van der Waals surface area (Å²) in [5, 5.41) is 1.49. The Balaban J connectivity index is 2.32. The van der Waals surface area contributed by atoms with Gasteiger partial charge in [0.2, 0.25) is 5.78 Å². The van der Waals surface area contributed by atoms with Gasteiger partial charge in [0.25, 0.3) is 10.1 Å². The molecule has 1 N–H and O–H groups in total. The van der Waals surface area contributed by atoms with Crippen LogP contribution in [0.3, 0.4) is 0 Å². The normalized spacial score (nSPS) is 15.2. The molecule has 6 heteroatoms. The highest BCUT2D eigenvalue weighted by molar-refractivity contribution is 7.91. The van der Waals surface area contributed by atoms with Crippen LogP contribution in [0.4, 0.5) is 0 Å². The summed E-state index contributed by atoms with van der Waals surface area (Å²) in [5.41, 5.74) is 0.130. The summed E-state index contributed by atoms with van der Waals surface area (Å²) in [6.07, 6.45) is 0.661. The molecule has 0 bridgehead atoms. The first-order chi connectivity index (χ1) is 9.38. The first-order valence-electron chi connectivity index (χ1n) is 5.69. The van der Waals surface area contributed by atoms with Crippen LogP contribution in [0.5, 0.6) is 0 Å². The largest absolute Gasteiger partial charge is 0.298 e. The third kappa shape index (κ3) is 1.86. The molecule has 3 rings (SSSR count). The third-order valence-corrected chi connectivity index (χ3v) is 4.02. The SMILES string of the molecule is O=C1C=C(S(=O)(=O)O)C(=O)c2cc3ccccc3cc21. The predicted octanol–water partition coefficient (Wildman–Crippen LogP) is 1.99. The molecule has 0 amide bonds. The molecule has 0 saturated heterocycles. The summed E-state index contributed by atoms with van der Waals surface area (Å²) in [5.74, 6) is -1.48. The van der Waals surface area contributed by atoms with E-state index in [-0.39, 0.29) is 11.1 Å². The van der Waals surface area contributed by atoms with Crippen molar-refractivity contribution in [2.75, 3.05) is 0 Å². The Morgan fingerprint density at radius 3 is 2.00 bits per heavy atom. The van der Waals surface area contributed by atoms with Crippen molar-refractivity contribution in [2.45, 2.75) is 0 Å². The molecule has 2 aromatic rings. The van der Waals surface area contributed by atoms with Crippen molar-refractivity contribution in [2.24, 2.45) is 0 Å². The minimum atomic E-state index is -4.71. The van der Waals surface area contributed by atoms with Crippen LogP contribution < -0.4 is 0 Å². The van der Waals surface area contributed by atoms with Crippen molar-refractivity contribution in [3.8, 4) is 0 Å². The molecular formula is C14H8O5S. The van der Waals surface area contributed by atoms with E-state index in [9.17, 15) is 18.0 Å². The summed E-state index contributed by atoms with van der Waals surface area (Å²) < 4.78 is 31.3. The average Bonchev–Trinajstić information content (AvgIpc) is 2.40. The second-order valence-electron chi connectivity index (χ2n) is 4.42. The van der Waals surface area contributed by atoms with Crippen molar-refractivity contribution in [3.05, 3.63) is 58.5 Å². The van der Waals surface area contributed by atoms with Crippen molar-refractivity contribution in [1.82, 2.24) is 0 Å². The highest BCUT2D eigenvalue weighted by Gasteiger charge is 2.32. The number of ketones is 2. The molecule has 0 unspecified atom stereocenters. The molecule has 1 aliphatic carbocycles. The van der Waals surface area contributed by atoms with E-state index < -0.39 is 26.6 Å². The molecule has 0 heterocycles. The van der Waals surface area contributed by atoms with E-state index in [0.29, 0.717) is 11.5 Å². The molecular weight excluding hydrogens is 280 g/mol. The van der Waals surface area contributed by atoms with E-state index in [1.807, 2.05) is 0 Å². The maximum atomic E-state index is 12.1. The maximum absolute atomic E-state index is 12.1. The number of carbonyl (C=O) groups excluding carboxylic acids is 2. The lowest BCUT2D eigenvalue weighted by atomic mass is 9.91. The molecule has 0 spiro atoms. The van der Waals surface area contributed by atoms with Crippen LogP contribution in [0.1, 0.15) is 20.7 Å². The zero-order valence-electron chi connectivity index (χ0n) is 10.0. The smallest absolute Gasteiger partial charge is 0.289 e. The average molecular weight is 288 g/mol. The van der Waals surface area contributed by atoms with E-state index in [1.54, 1.807) is 30.3 Å². The van der Waals surface area contributed by atoms with E-state index in [0.717, 1.165) is 5.39 Å². The summed E-state index contributed by atoms with van der Waals surface area (Å²) >= 11 is 0. The van der Waals surface area contributed by atoms with Gasteiger partial charge >= 0.3 is 0 Å². The lowest BCUT2D eigenvalue weighted by molar-refractivity contribution is 0.0989. The lowest BCUT2D eigenvalue weighted by Gasteiger charge is -2.14. The van der Waals surface area contributed by atoms with Crippen LogP contribution >= 0.6 is 0 Å². The van der Waals surface area contributed by atoms with Gasteiger partial charge in [-0.15, -0.1) is 0 Å². The van der Waals surface area contributed by atoms with Gasteiger partial charge in [-0.2, -0.15) is 8.42 Å². The van der Waals surface area contributed by atoms with Crippen molar-refractivity contribution in [3.63, 3.8) is 0 Å². The Hall–Kier alpha value is -2.31. The van der Waals surface area contributed by atoms with Crippen LogP contribution in [0.2, 0.25) is 0 Å². The minimum absolute atomic E-state index is 0.0103. The van der Waals surface area contributed by atoms with Crippen molar-refractivity contribution < 1.29 is 22.6 Å². The van der Waals surface area contributed by atoms with Gasteiger partial charge in [-0.05, 0) is 22.9 Å². The molecule has 0 radical (unpaired) electrons. The number of allylic oxidation sites excluding steroid dienone is 2. The fourth-order valence-corrected chi connectivity index (χ4v) is 2.82. The summed E-state index contributed by atoms with van der Waals surface area (Å²) in [6.45, 7) is 0. The van der Waals surface area contributed by atoms with Gasteiger partial charge in [-0.1, -0.05) is 24.3 Å². The number of carbonyl (C=O) groups is 2. The fourth-order valence-electron chi connectivity index (χ4n) is 2.22. The number of rotatable bonds is 1. The van der Waals surface area contributed by atoms with Gasteiger partial charge < -0.3 is 0 Å². The molecule has 2 aromatic carbocycles. The van der Waals surface area contributed by atoms with E-state index >= 15 is 0 Å². The number of hydrogen-bond acceptors (Lipinski definition) is 4. The van der Waals surface area contributed by atoms with Gasteiger partial charge in [-0.25, -0.2) is 0 Å². The molecule has 0 aliphatic heterocycles. The number of fused-ring (bicyclic) bond motifs is 2. The highest BCUT2D eigenvalue weighted by Crippen LogP contribution is 2.28. The molecule has 0 atom stereocenters. The van der Waals surface area contributed by atoms with Crippen LogP contribution in [0.25, 0.3) is 10.8 Å². The monoisotopic (exact) mass is 288 g/mol. The van der Waals surface area contributed by atoms with Crippen molar-refractivity contribution >= 4 is 32.5 Å². The molecule has 1 aliphatic rings. The van der Waals surface area contributed by atoms with Gasteiger partial charge in [0.1, 0.15) is 4.91 Å². The quantitative estimate of drug-likeness (QED) is 0.811. The third-order valence-electron chi connectivity index (χ3n) is 3.16. The fraction of sp³-hybridized carbons (Fsp3) is 0. The van der Waals surface area contributed by atoms with Crippen LogP contribution in [-0.2, 0) is 10.1 Å². The Morgan fingerprint density at radius 1 is 0.900 bits per heavy atom. The Bertz CT molecular complexity index is 906. The van der Waals surface area contributed by atoms with E-state index in [4.69, 9.17) is 4.55 Å². The zero-order chi connectivity index (χ0) is 14.5. The standard InChI is InChI=1S/C14H8O5S/c15-12-7-13(20(17,18)19)14(16)11-6-9-4-2-1-3-8(9)5-10(11)12/h1-7H,(H,17,18,19). The van der Waals surface area contributed by atoms with Crippen LogP contribution in [0, 0.1) is 0 Å². The lowest BCUT2D eigenvalue weighted by Crippen LogP contribution is -2.22. The minimum Gasteiger partial charge on any atom is -0.289 e. The topological polar surface area (TPSA) is 88.5 Å². The van der Waals surface area contributed by atoms with Gasteiger partial charge in [0.05, 0.1) is 0 Å². The van der Waals surface area contributed by atoms with E-state index in [1.165, 1.54) is 6.07 Å². The molecule has 100 valence electrons. The molecule has 5 nitrogen and oxygen atoms in total. The van der Waals surface area contributed by atoms with Crippen LogP contribution in [-0.4, -0.2) is 24.5 Å². The number of hydrogen-bond donors (Lipinski definition) is 1. The number of Topliss-reactive ketones (excluding diaryl/α,β-unsaturated/α-hetero) is 1. The van der Waals surface area contributed by atoms with Crippen LogP contribution in [0.15, 0.2) is 47.4 Å². The zero-order valence-corrected chi connectivity index (χ0v) is 10.8. The highest BCUT2D eigenvalue weighted by atomic mass is 32.2. The summed E-state index contributed by atoms with van der Waals surface area (Å²) in [7, 11) is -4.71. The molecule has 20 heavy (non-hydrogen) atoms. The van der Waals surface area contributed by atoms with Gasteiger partial charge in [0.15, 0.2) is 5.78 Å². The molecule has 0 saturated carbocycles. The summed E-state index contributed by atoms with van der Waals surface area (Å²) in [4.78, 5) is 23.1. The maximum Gasteiger partial charge on any atom is 0.298 e. The summed E-state index contributed by atoms with van der Waals surface area (Å²) in [6, 6.07) is 10.1. The van der Waals surface area contributed by atoms with Gasteiger partial charge in [0, 0.05) is 17.2 Å². The molecule has 0 fully saturated rings. The van der Waals surface area contributed by atoms with Crippen molar-refractivity contribution in [1.29, 1.82) is 0 Å². The second kappa shape index (κ2) is 4.09. The first kappa shape index (κ1) is 12.7. The predicted molar refractivity (Wildman–Crippen MR) is 72.2 cm³/mol. The number of benzene rings is 2. The van der Waals surface area contributed by atoms with Gasteiger partial charge in [-0.3, -0.25) is 14.1 Å². The Kier molecular flexibility index (Phi) is 2.60. The Morgan fingerprint density at radius 2 is 1.45 bits per heavy atom. The first-order valence-corrected chi connectivity index (χ1v) is 7.13.